The molecule has 1 atom stereocenters. The van der Waals surface area contributed by atoms with Crippen molar-refractivity contribution in [3.05, 3.63) is 69.1 Å². The Balaban J connectivity index is 1.95. The van der Waals surface area contributed by atoms with E-state index in [1.807, 2.05) is 18.3 Å². The molecule has 9 heteroatoms. The average molecular weight is 419 g/mol. The summed E-state index contributed by atoms with van der Waals surface area (Å²) in [6.45, 7) is 1.85. The third-order valence-corrected chi connectivity index (χ3v) is 4.51. The van der Waals surface area contributed by atoms with Gasteiger partial charge in [0.1, 0.15) is 5.69 Å². The zero-order valence-corrected chi connectivity index (χ0v) is 15.2. The summed E-state index contributed by atoms with van der Waals surface area (Å²) in [5.74, 6) is -2.00. The maximum atomic E-state index is 13.5. The molecule has 27 heavy (non-hydrogen) atoms. The van der Waals surface area contributed by atoms with Crippen molar-refractivity contribution < 1.29 is 22.4 Å². The van der Waals surface area contributed by atoms with Crippen LogP contribution in [0.2, 0.25) is 10.0 Å². The van der Waals surface area contributed by atoms with Gasteiger partial charge in [0, 0.05) is 10.9 Å². The first kappa shape index (κ1) is 19.5. The molecule has 0 saturated heterocycles. The van der Waals surface area contributed by atoms with E-state index in [9.17, 15) is 22.4 Å². The minimum Gasteiger partial charge on any atom is -0.351 e. The van der Waals surface area contributed by atoms with Crippen molar-refractivity contribution in [3.8, 4) is 0 Å². The topological polar surface area (TPSA) is 44.9 Å². The number of alkyl halides is 3. The van der Waals surface area contributed by atoms with E-state index >= 15 is 0 Å². The van der Waals surface area contributed by atoms with Crippen molar-refractivity contribution in [2.24, 2.45) is 0 Å². The quantitative estimate of drug-likeness (QED) is 0.400. The number of hydrogen-bond donors (Lipinski definition) is 2. The molecule has 142 valence electrons. The summed E-state index contributed by atoms with van der Waals surface area (Å²) in [7, 11) is 0. The summed E-state index contributed by atoms with van der Waals surface area (Å²) in [6.07, 6.45) is -4.84. The number of aromatic amines is 1. The van der Waals surface area contributed by atoms with E-state index < -0.39 is 39.6 Å². The van der Waals surface area contributed by atoms with Gasteiger partial charge in [-0.25, -0.2) is 4.39 Å². The van der Waals surface area contributed by atoms with E-state index in [4.69, 9.17) is 23.2 Å². The molecule has 0 bridgehead atoms. The SMILES string of the molecule is Cc1ccc2cc(C(=O)NC(c3cc(Cl)c(F)c(Cl)c3)C(F)(F)F)[nH]c2c1. The lowest BCUT2D eigenvalue weighted by Gasteiger charge is -2.22. The van der Waals surface area contributed by atoms with Gasteiger partial charge in [-0.2, -0.15) is 13.2 Å². The summed E-state index contributed by atoms with van der Waals surface area (Å²) in [4.78, 5) is 15.2. The first-order valence-corrected chi connectivity index (χ1v) is 8.43. The van der Waals surface area contributed by atoms with E-state index in [0.717, 1.165) is 17.7 Å². The van der Waals surface area contributed by atoms with Gasteiger partial charge in [0.15, 0.2) is 11.9 Å². The maximum Gasteiger partial charge on any atom is 0.412 e. The van der Waals surface area contributed by atoms with Gasteiger partial charge in [-0.3, -0.25) is 4.79 Å². The van der Waals surface area contributed by atoms with Crippen molar-refractivity contribution >= 4 is 40.0 Å². The fourth-order valence-corrected chi connectivity index (χ4v) is 3.17. The molecule has 1 unspecified atom stereocenters. The zero-order chi connectivity index (χ0) is 19.9. The number of carbonyl (C=O) groups is 1. The Bertz CT molecular complexity index is 1010. The number of amides is 1. The molecule has 1 amide bonds. The molecule has 2 aromatic carbocycles. The molecule has 0 saturated carbocycles. The van der Waals surface area contributed by atoms with Crippen molar-refractivity contribution in [3.63, 3.8) is 0 Å². The first-order chi connectivity index (χ1) is 12.6. The van der Waals surface area contributed by atoms with E-state index in [0.29, 0.717) is 10.9 Å². The molecule has 0 fully saturated rings. The third kappa shape index (κ3) is 4.04. The maximum absolute atomic E-state index is 13.5. The van der Waals surface area contributed by atoms with Crippen LogP contribution in [0.1, 0.15) is 27.7 Å². The van der Waals surface area contributed by atoms with E-state index in [1.54, 1.807) is 12.1 Å². The number of aryl methyl sites for hydroxylation is 1. The molecule has 3 aromatic rings. The molecular weight excluding hydrogens is 407 g/mol. The Morgan fingerprint density at radius 2 is 1.74 bits per heavy atom. The van der Waals surface area contributed by atoms with Crippen LogP contribution in [0, 0.1) is 12.7 Å². The second kappa shape index (κ2) is 7.05. The monoisotopic (exact) mass is 418 g/mol. The van der Waals surface area contributed by atoms with E-state index in [-0.39, 0.29) is 5.69 Å². The minimum atomic E-state index is -4.84. The zero-order valence-electron chi connectivity index (χ0n) is 13.7. The average Bonchev–Trinajstić information content (AvgIpc) is 2.99. The van der Waals surface area contributed by atoms with E-state index in [2.05, 4.69) is 4.98 Å². The van der Waals surface area contributed by atoms with Crippen molar-refractivity contribution in [2.45, 2.75) is 19.1 Å². The van der Waals surface area contributed by atoms with Crippen LogP contribution in [-0.2, 0) is 0 Å². The summed E-state index contributed by atoms with van der Waals surface area (Å²) >= 11 is 11.2. The number of benzene rings is 2. The van der Waals surface area contributed by atoms with Gasteiger partial charge in [-0.05, 0) is 42.3 Å². The van der Waals surface area contributed by atoms with E-state index in [1.165, 1.54) is 6.07 Å². The molecule has 3 nitrogen and oxygen atoms in total. The summed E-state index contributed by atoms with van der Waals surface area (Å²) in [6, 6.07) is 5.95. The molecule has 1 heterocycles. The molecule has 0 spiro atoms. The number of H-pyrrole nitrogens is 1. The highest BCUT2D eigenvalue weighted by Gasteiger charge is 2.42. The first-order valence-electron chi connectivity index (χ1n) is 7.67. The second-order valence-electron chi connectivity index (χ2n) is 6.02. The molecule has 0 aliphatic heterocycles. The Morgan fingerprint density at radius 1 is 1.11 bits per heavy atom. The van der Waals surface area contributed by atoms with Crippen molar-refractivity contribution in [1.29, 1.82) is 0 Å². The Labute approximate surface area is 161 Å². The fraction of sp³-hybridized carbons (Fsp3) is 0.167. The highest BCUT2D eigenvalue weighted by Crippen LogP contribution is 2.36. The normalized spacial score (nSPS) is 13.0. The fourth-order valence-electron chi connectivity index (χ4n) is 2.67. The number of hydrogen-bond acceptors (Lipinski definition) is 1. The molecule has 0 aliphatic carbocycles. The summed E-state index contributed by atoms with van der Waals surface area (Å²) in [5, 5.41) is 1.45. The lowest BCUT2D eigenvalue weighted by Crippen LogP contribution is -2.38. The second-order valence-corrected chi connectivity index (χ2v) is 6.83. The Hall–Kier alpha value is -2.25. The molecule has 0 aliphatic rings. The third-order valence-electron chi connectivity index (χ3n) is 3.96. The minimum absolute atomic E-state index is 0.0378. The lowest BCUT2D eigenvalue weighted by atomic mass is 10.1. The number of fused-ring (bicyclic) bond motifs is 1. The molecule has 3 rings (SSSR count). The Morgan fingerprint density at radius 3 is 2.33 bits per heavy atom. The molecule has 0 radical (unpaired) electrons. The number of rotatable bonds is 3. The van der Waals surface area contributed by atoms with Gasteiger partial charge >= 0.3 is 6.18 Å². The van der Waals surface area contributed by atoms with Crippen LogP contribution in [0.5, 0.6) is 0 Å². The van der Waals surface area contributed by atoms with Crippen molar-refractivity contribution in [2.75, 3.05) is 0 Å². The number of nitrogens with one attached hydrogen (secondary N) is 2. The Kier molecular flexibility index (Phi) is 5.10. The van der Waals surface area contributed by atoms with Crippen LogP contribution in [0.3, 0.4) is 0 Å². The highest BCUT2D eigenvalue weighted by atomic mass is 35.5. The predicted octanol–water partition coefficient (Wildman–Crippen LogP) is 5.96. The van der Waals surface area contributed by atoms with Gasteiger partial charge < -0.3 is 10.3 Å². The van der Waals surface area contributed by atoms with Crippen LogP contribution < -0.4 is 5.32 Å². The van der Waals surface area contributed by atoms with Crippen LogP contribution in [0.4, 0.5) is 17.6 Å². The number of aromatic nitrogens is 1. The van der Waals surface area contributed by atoms with Crippen LogP contribution >= 0.6 is 23.2 Å². The smallest absolute Gasteiger partial charge is 0.351 e. The molecule has 2 N–H and O–H groups in total. The molecule has 1 aromatic heterocycles. The van der Waals surface area contributed by atoms with Gasteiger partial charge in [0.2, 0.25) is 0 Å². The number of halogens is 6. The number of carbonyl (C=O) groups excluding carboxylic acids is 1. The van der Waals surface area contributed by atoms with Gasteiger partial charge in [0.25, 0.3) is 5.91 Å². The van der Waals surface area contributed by atoms with Crippen molar-refractivity contribution in [1.82, 2.24) is 10.3 Å². The standard InChI is InChI=1S/C18H12Cl2F4N2O/c1-8-2-3-9-7-14(25-13(9)4-8)17(27)26-16(18(22,23)24)10-5-11(19)15(21)12(20)6-10/h2-7,16,25H,1H3,(H,26,27). The summed E-state index contributed by atoms with van der Waals surface area (Å²) in [5.41, 5.74) is 1.04. The predicted molar refractivity (Wildman–Crippen MR) is 95.7 cm³/mol. The van der Waals surface area contributed by atoms with Gasteiger partial charge in [0.05, 0.1) is 10.0 Å². The molecular formula is C18H12Cl2F4N2O. The van der Waals surface area contributed by atoms with Crippen LogP contribution in [0.15, 0.2) is 36.4 Å². The van der Waals surface area contributed by atoms with Crippen LogP contribution in [-0.4, -0.2) is 17.1 Å². The van der Waals surface area contributed by atoms with Gasteiger partial charge in [-0.1, -0.05) is 35.3 Å². The lowest BCUT2D eigenvalue weighted by molar-refractivity contribution is -0.155. The largest absolute Gasteiger partial charge is 0.412 e. The summed E-state index contributed by atoms with van der Waals surface area (Å²) < 4.78 is 54.0. The highest BCUT2D eigenvalue weighted by molar-refractivity contribution is 6.35. The van der Waals surface area contributed by atoms with Gasteiger partial charge in [-0.15, -0.1) is 0 Å². The van der Waals surface area contributed by atoms with Crippen LogP contribution in [0.25, 0.3) is 10.9 Å².